The first-order valence-corrected chi connectivity index (χ1v) is 11.1. The number of anilines is 1. The number of imidazole rings is 1. The van der Waals surface area contributed by atoms with Crippen LogP contribution in [0.1, 0.15) is 21.5 Å². The van der Waals surface area contributed by atoms with Crippen molar-refractivity contribution in [2.45, 2.75) is 13.1 Å². The molecule has 5 rings (SSSR count). The van der Waals surface area contributed by atoms with Crippen LogP contribution in [0.3, 0.4) is 0 Å². The molecule has 2 aromatic heterocycles. The van der Waals surface area contributed by atoms with Crippen LogP contribution in [0.4, 0.5) is 18.9 Å². The van der Waals surface area contributed by atoms with Crippen LogP contribution in [0.15, 0.2) is 48.5 Å². The van der Waals surface area contributed by atoms with Gasteiger partial charge in [0.15, 0.2) is 5.65 Å². The summed E-state index contributed by atoms with van der Waals surface area (Å²) in [6.07, 6.45) is -4.65. The highest BCUT2D eigenvalue weighted by Crippen LogP contribution is 2.38. The van der Waals surface area contributed by atoms with Gasteiger partial charge in [0.1, 0.15) is 5.75 Å². The lowest BCUT2D eigenvalue weighted by Crippen LogP contribution is -2.36. The van der Waals surface area contributed by atoms with Crippen LogP contribution in [0.2, 0.25) is 0 Å². The number of rotatable bonds is 5. The molecule has 3 heterocycles. The minimum atomic E-state index is -4.65. The van der Waals surface area contributed by atoms with E-state index >= 15 is 0 Å². The average Bonchev–Trinajstić information content (AvgIpc) is 3.26. The lowest BCUT2D eigenvalue weighted by Gasteiger charge is -2.29. The number of fused-ring (bicyclic) bond motifs is 1. The number of aromatic nitrogens is 3. The molecule has 1 aliphatic rings. The van der Waals surface area contributed by atoms with Gasteiger partial charge in [-0.15, -0.1) is 0 Å². The lowest BCUT2D eigenvalue weighted by atomic mass is 10.0. The zero-order valence-corrected chi connectivity index (χ0v) is 19.1. The molecule has 1 aliphatic heterocycles. The van der Waals surface area contributed by atoms with E-state index in [4.69, 9.17) is 9.47 Å². The van der Waals surface area contributed by atoms with Crippen LogP contribution in [0, 0.1) is 6.92 Å². The fourth-order valence-corrected chi connectivity index (χ4v) is 4.06. The van der Waals surface area contributed by atoms with Gasteiger partial charge in [0.25, 0.3) is 0 Å². The number of carboxylic acids is 1. The summed E-state index contributed by atoms with van der Waals surface area (Å²) in [6.45, 7) is 4.26. The van der Waals surface area contributed by atoms with E-state index in [9.17, 15) is 23.1 Å². The standard InChI is InChI=1S/C25H21F3N4O4/c1-14-2-7-17(12-18(14)23(33)34)36-24-29-20-13-19(25(26,27)28)21(30-22(20)31-24)15-3-5-16(6-4-15)32-8-10-35-11-9-32/h2-7,12-13H,8-11H2,1H3,(H,33,34)(H,29,30,31). The molecular weight excluding hydrogens is 477 g/mol. The number of H-pyrrole nitrogens is 1. The van der Waals surface area contributed by atoms with Crippen LogP contribution in [0.25, 0.3) is 22.4 Å². The second-order valence-electron chi connectivity index (χ2n) is 8.33. The third-order valence-corrected chi connectivity index (χ3v) is 5.93. The summed E-state index contributed by atoms with van der Waals surface area (Å²) in [6, 6.07) is 12.0. The summed E-state index contributed by atoms with van der Waals surface area (Å²) in [4.78, 5) is 24.6. The van der Waals surface area contributed by atoms with Gasteiger partial charge in [-0.05, 0) is 42.8 Å². The van der Waals surface area contributed by atoms with Gasteiger partial charge in [0, 0.05) is 24.3 Å². The van der Waals surface area contributed by atoms with Crippen molar-refractivity contribution < 1.29 is 32.5 Å². The highest BCUT2D eigenvalue weighted by molar-refractivity contribution is 5.89. The molecule has 8 nitrogen and oxygen atoms in total. The molecule has 4 aromatic rings. The maximum Gasteiger partial charge on any atom is 0.418 e. The quantitative estimate of drug-likeness (QED) is 0.386. The summed E-state index contributed by atoms with van der Waals surface area (Å²) in [5, 5.41) is 9.30. The molecule has 0 aliphatic carbocycles. The van der Waals surface area contributed by atoms with Crippen molar-refractivity contribution in [1.29, 1.82) is 0 Å². The number of ether oxygens (including phenoxy) is 2. The number of morpholine rings is 1. The van der Waals surface area contributed by atoms with E-state index in [2.05, 4.69) is 19.9 Å². The van der Waals surface area contributed by atoms with Crippen molar-refractivity contribution >= 4 is 22.8 Å². The molecule has 0 atom stereocenters. The average molecular weight is 498 g/mol. The Morgan fingerprint density at radius 3 is 2.47 bits per heavy atom. The number of nitrogens with zero attached hydrogens (tertiary/aromatic N) is 3. The van der Waals surface area contributed by atoms with Crippen LogP contribution < -0.4 is 9.64 Å². The molecule has 0 radical (unpaired) electrons. The van der Waals surface area contributed by atoms with Gasteiger partial charge in [0.2, 0.25) is 0 Å². The van der Waals surface area contributed by atoms with E-state index in [1.807, 2.05) is 0 Å². The number of alkyl halides is 3. The molecule has 36 heavy (non-hydrogen) atoms. The van der Waals surface area contributed by atoms with E-state index < -0.39 is 17.7 Å². The Kier molecular flexibility index (Phi) is 6.00. The zero-order chi connectivity index (χ0) is 25.4. The Labute approximate surface area is 203 Å². The number of aryl methyl sites for hydroxylation is 1. The number of halogens is 3. The molecular formula is C25H21F3N4O4. The van der Waals surface area contributed by atoms with Crippen LogP contribution >= 0.6 is 0 Å². The smallest absolute Gasteiger partial charge is 0.418 e. The SMILES string of the molecule is Cc1ccc(Oc2nc3nc(-c4ccc(N5CCOCC5)cc4)c(C(F)(F)F)cc3[nH]2)cc1C(=O)O. The number of aromatic amines is 1. The lowest BCUT2D eigenvalue weighted by molar-refractivity contribution is -0.137. The Morgan fingerprint density at radius 1 is 1.08 bits per heavy atom. The molecule has 11 heteroatoms. The molecule has 0 spiro atoms. The predicted octanol–water partition coefficient (Wildman–Crippen LogP) is 5.28. The molecule has 186 valence electrons. The van der Waals surface area contributed by atoms with Crippen molar-refractivity contribution in [2.24, 2.45) is 0 Å². The molecule has 1 fully saturated rings. The van der Waals surface area contributed by atoms with Crippen molar-refractivity contribution in [1.82, 2.24) is 15.0 Å². The van der Waals surface area contributed by atoms with Gasteiger partial charge < -0.3 is 24.5 Å². The zero-order valence-electron chi connectivity index (χ0n) is 19.1. The maximum atomic E-state index is 14.0. The number of carbonyl (C=O) groups is 1. The van der Waals surface area contributed by atoms with Crippen molar-refractivity contribution in [3.8, 4) is 23.0 Å². The summed E-state index contributed by atoms with van der Waals surface area (Å²) in [5.74, 6) is -0.949. The van der Waals surface area contributed by atoms with E-state index in [0.717, 1.165) is 11.8 Å². The molecule has 0 saturated carbocycles. The van der Waals surface area contributed by atoms with Gasteiger partial charge in [-0.3, -0.25) is 0 Å². The largest absolute Gasteiger partial charge is 0.478 e. The van der Waals surface area contributed by atoms with Gasteiger partial charge in [-0.2, -0.15) is 18.2 Å². The fourth-order valence-electron chi connectivity index (χ4n) is 4.06. The Bertz CT molecular complexity index is 1430. The highest BCUT2D eigenvalue weighted by atomic mass is 19.4. The van der Waals surface area contributed by atoms with Crippen molar-refractivity contribution in [3.63, 3.8) is 0 Å². The van der Waals surface area contributed by atoms with Gasteiger partial charge in [-0.1, -0.05) is 18.2 Å². The normalized spacial score (nSPS) is 14.3. The summed E-state index contributed by atoms with van der Waals surface area (Å²) in [5.41, 5.74) is 0.705. The third kappa shape index (κ3) is 4.69. The Morgan fingerprint density at radius 2 is 1.81 bits per heavy atom. The van der Waals surface area contributed by atoms with Gasteiger partial charge in [-0.25, -0.2) is 9.78 Å². The predicted molar refractivity (Wildman–Crippen MR) is 126 cm³/mol. The Balaban J connectivity index is 1.50. The molecule has 1 saturated heterocycles. The van der Waals surface area contributed by atoms with Crippen LogP contribution in [-0.4, -0.2) is 52.3 Å². The minimum absolute atomic E-state index is 0.0378. The first-order valence-electron chi connectivity index (χ1n) is 11.1. The molecule has 0 unspecified atom stereocenters. The molecule has 0 bridgehead atoms. The number of benzene rings is 2. The van der Waals surface area contributed by atoms with E-state index in [1.54, 1.807) is 43.3 Å². The molecule has 2 N–H and O–H groups in total. The number of aromatic carboxylic acids is 1. The maximum absolute atomic E-state index is 14.0. The summed E-state index contributed by atoms with van der Waals surface area (Å²) in [7, 11) is 0. The van der Waals surface area contributed by atoms with Gasteiger partial charge in [0.05, 0.1) is 35.6 Å². The van der Waals surface area contributed by atoms with Crippen LogP contribution in [-0.2, 0) is 10.9 Å². The second-order valence-corrected chi connectivity index (χ2v) is 8.33. The third-order valence-electron chi connectivity index (χ3n) is 5.93. The number of nitrogens with one attached hydrogen (secondary N) is 1. The number of pyridine rings is 1. The first kappa shape index (κ1) is 23.6. The number of hydrogen-bond donors (Lipinski definition) is 2. The minimum Gasteiger partial charge on any atom is -0.478 e. The Hall–Kier alpha value is -4.12. The first-order chi connectivity index (χ1) is 17.2. The van der Waals surface area contributed by atoms with Crippen molar-refractivity contribution in [3.05, 3.63) is 65.2 Å². The number of hydrogen-bond acceptors (Lipinski definition) is 6. The summed E-state index contributed by atoms with van der Waals surface area (Å²) < 4.78 is 52.8. The fraction of sp³-hybridized carbons (Fsp3) is 0.240. The summed E-state index contributed by atoms with van der Waals surface area (Å²) >= 11 is 0. The number of carboxylic acid groups (broad SMARTS) is 1. The van der Waals surface area contributed by atoms with E-state index in [1.165, 1.54) is 6.07 Å². The van der Waals surface area contributed by atoms with E-state index in [-0.39, 0.29) is 34.2 Å². The highest BCUT2D eigenvalue weighted by Gasteiger charge is 2.35. The van der Waals surface area contributed by atoms with E-state index in [0.29, 0.717) is 37.4 Å². The molecule has 0 amide bonds. The van der Waals surface area contributed by atoms with Gasteiger partial charge >= 0.3 is 18.2 Å². The van der Waals surface area contributed by atoms with Crippen molar-refractivity contribution in [2.75, 3.05) is 31.2 Å². The second kappa shape index (κ2) is 9.15. The monoisotopic (exact) mass is 498 g/mol. The van der Waals surface area contributed by atoms with Crippen LogP contribution in [0.5, 0.6) is 11.8 Å². The topological polar surface area (TPSA) is 101 Å². The molecule has 2 aromatic carbocycles.